The van der Waals surface area contributed by atoms with Gasteiger partial charge in [0.05, 0.1) is 6.10 Å². The first-order valence-electron chi connectivity index (χ1n) is 6.16. The average Bonchev–Trinajstić information content (AvgIpc) is 2.33. The molecule has 2 heteroatoms. The van der Waals surface area contributed by atoms with Crippen molar-refractivity contribution in [2.75, 3.05) is 6.61 Å². The summed E-state index contributed by atoms with van der Waals surface area (Å²) in [6, 6.07) is 10.3. The molecule has 0 bridgehead atoms. The van der Waals surface area contributed by atoms with Crippen LogP contribution >= 0.6 is 0 Å². The molecule has 2 nitrogen and oxygen atoms in total. The Morgan fingerprint density at radius 3 is 2.38 bits per heavy atom. The maximum absolute atomic E-state index is 9.75. The Morgan fingerprint density at radius 1 is 0.938 bits per heavy atom. The van der Waals surface area contributed by atoms with Crippen LogP contribution in [0, 0.1) is 0 Å². The molecule has 90 valence electrons. The van der Waals surface area contributed by atoms with Gasteiger partial charge in [-0.3, -0.25) is 0 Å². The van der Waals surface area contributed by atoms with E-state index in [2.05, 4.69) is 12.1 Å². The third-order valence-corrected chi connectivity index (χ3v) is 2.80. The molecule has 1 aromatic rings. The van der Waals surface area contributed by atoms with Gasteiger partial charge in [0.25, 0.3) is 0 Å². The van der Waals surface area contributed by atoms with Gasteiger partial charge >= 0.3 is 0 Å². The molecule has 1 unspecified atom stereocenters. The Labute approximate surface area is 97.9 Å². The molecule has 1 aromatic carbocycles. The number of unbranched alkanes of at least 4 members (excludes halogenated alkanes) is 2. The summed E-state index contributed by atoms with van der Waals surface area (Å²) in [5.74, 6) is 0. The zero-order chi connectivity index (χ0) is 11.6. The van der Waals surface area contributed by atoms with E-state index in [0.717, 1.165) is 38.5 Å². The van der Waals surface area contributed by atoms with E-state index in [1.807, 2.05) is 18.2 Å². The van der Waals surface area contributed by atoms with Crippen LogP contribution in [0.5, 0.6) is 0 Å². The van der Waals surface area contributed by atoms with Gasteiger partial charge in [0.1, 0.15) is 0 Å². The molecule has 0 aliphatic rings. The minimum absolute atomic E-state index is 0.195. The summed E-state index contributed by atoms with van der Waals surface area (Å²) in [6.45, 7) is 0.264. The molecule has 0 aliphatic carbocycles. The predicted octanol–water partition coefficient (Wildman–Crippen LogP) is 2.53. The normalized spacial score (nSPS) is 12.6. The summed E-state index contributed by atoms with van der Waals surface area (Å²) < 4.78 is 0. The highest BCUT2D eigenvalue weighted by Gasteiger charge is 2.04. The second kappa shape index (κ2) is 8.31. The smallest absolute Gasteiger partial charge is 0.0543 e. The minimum atomic E-state index is -0.195. The van der Waals surface area contributed by atoms with Crippen LogP contribution < -0.4 is 0 Å². The van der Waals surface area contributed by atoms with Crippen molar-refractivity contribution in [1.82, 2.24) is 0 Å². The van der Waals surface area contributed by atoms with Crippen LogP contribution in [0.25, 0.3) is 0 Å². The molecule has 0 aromatic heterocycles. The third kappa shape index (κ3) is 5.89. The van der Waals surface area contributed by atoms with E-state index in [1.165, 1.54) is 5.56 Å². The lowest BCUT2D eigenvalue weighted by Gasteiger charge is -2.09. The van der Waals surface area contributed by atoms with Crippen LogP contribution in [-0.2, 0) is 6.42 Å². The molecular weight excluding hydrogens is 200 g/mol. The van der Waals surface area contributed by atoms with Crippen molar-refractivity contribution in [2.45, 2.75) is 44.6 Å². The van der Waals surface area contributed by atoms with E-state index in [4.69, 9.17) is 5.11 Å². The topological polar surface area (TPSA) is 40.5 Å². The number of hydrogen-bond acceptors (Lipinski definition) is 2. The summed E-state index contributed by atoms with van der Waals surface area (Å²) in [7, 11) is 0. The molecule has 0 amide bonds. The van der Waals surface area contributed by atoms with Crippen molar-refractivity contribution >= 4 is 0 Å². The number of benzene rings is 1. The molecule has 0 saturated carbocycles. The molecule has 0 aliphatic heterocycles. The van der Waals surface area contributed by atoms with Crippen LogP contribution in [0.2, 0.25) is 0 Å². The first kappa shape index (κ1) is 13.2. The molecular formula is C14H22O2. The van der Waals surface area contributed by atoms with Crippen LogP contribution in [0.4, 0.5) is 0 Å². The van der Waals surface area contributed by atoms with Gasteiger partial charge < -0.3 is 10.2 Å². The molecule has 0 radical (unpaired) electrons. The average molecular weight is 222 g/mol. The van der Waals surface area contributed by atoms with Crippen molar-refractivity contribution in [3.63, 3.8) is 0 Å². The monoisotopic (exact) mass is 222 g/mol. The fraction of sp³-hybridized carbons (Fsp3) is 0.571. The summed E-state index contributed by atoms with van der Waals surface area (Å²) in [6.07, 6.45) is 5.32. The Hall–Kier alpha value is -0.860. The largest absolute Gasteiger partial charge is 0.396 e. The third-order valence-electron chi connectivity index (χ3n) is 2.80. The molecule has 16 heavy (non-hydrogen) atoms. The van der Waals surface area contributed by atoms with Crippen LogP contribution in [-0.4, -0.2) is 22.9 Å². The SMILES string of the molecule is OCCCCCC(O)CCc1ccccc1. The molecule has 0 fully saturated rings. The summed E-state index contributed by atoms with van der Waals surface area (Å²) in [4.78, 5) is 0. The van der Waals surface area contributed by atoms with E-state index in [-0.39, 0.29) is 12.7 Å². The van der Waals surface area contributed by atoms with Crippen molar-refractivity contribution in [1.29, 1.82) is 0 Å². The Bertz CT molecular complexity index is 259. The standard InChI is InChI=1S/C14H22O2/c15-12-6-2-5-9-14(16)11-10-13-7-3-1-4-8-13/h1,3-4,7-8,14-16H,2,5-6,9-12H2. The fourth-order valence-electron chi connectivity index (χ4n) is 1.79. The van der Waals surface area contributed by atoms with Crippen molar-refractivity contribution in [2.24, 2.45) is 0 Å². The van der Waals surface area contributed by atoms with Gasteiger partial charge in [-0.2, -0.15) is 0 Å². The highest BCUT2D eigenvalue weighted by atomic mass is 16.3. The molecule has 1 atom stereocenters. The Morgan fingerprint density at radius 2 is 1.69 bits per heavy atom. The van der Waals surface area contributed by atoms with Crippen LogP contribution in [0.1, 0.15) is 37.7 Å². The van der Waals surface area contributed by atoms with Crippen LogP contribution in [0.3, 0.4) is 0 Å². The van der Waals surface area contributed by atoms with E-state index in [0.29, 0.717) is 0 Å². The molecule has 1 rings (SSSR count). The van der Waals surface area contributed by atoms with E-state index in [1.54, 1.807) is 0 Å². The highest BCUT2D eigenvalue weighted by Crippen LogP contribution is 2.10. The minimum Gasteiger partial charge on any atom is -0.396 e. The lowest BCUT2D eigenvalue weighted by molar-refractivity contribution is 0.150. The zero-order valence-corrected chi connectivity index (χ0v) is 9.81. The molecule has 0 spiro atoms. The second-order valence-electron chi connectivity index (χ2n) is 4.25. The second-order valence-corrected chi connectivity index (χ2v) is 4.25. The molecule has 0 saturated heterocycles. The number of rotatable bonds is 8. The van der Waals surface area contributed by atoms with Gasteiger partial charge in [-0.1, -0.05) is 43.2 Å². The fourth-order valence-corrected chi connectivity index (χ4v) is 1.79. The molecule has 0 heterocycles. The van der Waals surface area contributed by atoms with Gasteiger partial charge in [-0.05, 0) is 31.2 Å². The quantitative estimate of drug-likeness (QED) is 0.664. The predicted molar refractivity (Wildman–Crippen MR) is 66.3 cm³/mol. The Balaban J connectivity index is 2.08. The number of aliphatic hydroxyl groups excluding tert-OH is 2. The van der Waals surface area contributed by atoms with Gasteiger partial charge in [0.15, 0.2) is 0 Å². The zero-order valence-electron chi connectivity index (χ0n) is 9.81. The first-order chi connectivity index (χ1) is 7.83. The van der Waals surface area contributed by atoms with Crippen molar-refractivity contribution in [3.8, 4) is 0 Å². The first-order valence-corrected chi connectivity index (χ1v) is 6.16. The van der Waals surface area contributed by atoms with Gasteiger partial charge in [-0.15, -0.1) is 0 Å². The number of aryl methyl sites for hydroxylation is 1. The maximum Gasteiger partial charge on any atom is 0.0543 e. The van der Waals surface area contributed by atoms with E-state index < -0.39 is 0 Å². The van der Waals surface area contributed by atoms with Gasteiger partial charge in [0, 0.05) is 6.61 Å². The lowest BCUT2D eigenvalue weighted by Crippen LogP contribution is -2.07. The summed E-state index contributed by atoms with van der Waals surface area (Å²) in [5.41, 5.74) is 1.29. The van der Waals surface area contributed by atoms with Crippen LogP contribution in [0.15, 0.2) is 30.3 Å². The highest BCUT2D eigenvalue weighted by molar-refractivity contribution is 5.14. The Kier molecular flexibility index (Phi) is 6.86. The van der Waals surface area contributed by atoms with E-state index in [9.17, 15) is 5.11 Å². The van der Waals surface area contributed by atoms with E-state index >= 15 is 0 Å². The van der Waals surface area contributed by atoms with Gasteiger partial charge in [0.2, 0.25) is 0 Å². The maximum atomic E-state index is 9.75. The van der Waals surface area contributed by atoms with Crippen molar-refractivity contribution in [3.05, 3.63) is 35.9 Å². The molecule has 2 N–H and O–H groups in total. The number of hydrogen-bond donors (Lipinski definition) is 2. The summed E-state index contributed by atoms with van der Waals surface area (Å²) >= 11 is 0. The lowest BCUT2D eigenvalue weighted by atomic mass is 10.0. The summed E-state index contributed by atoms with van der Waals surface area (Å²) in [5, 5.41) is 18.4. The number of aliphatic hydroxyl groups is 2. The van der Waals surface area contributed by atoms with Gasteiger partial charge in [-0.25, -0.2) is 0 Å². The van der Waals surface area contributed by atoms with Crippen molar-refractivity contribution < 1.29 is 10.2 Å².